The van der Waals surface area contributed by atoms with Crippen LogP contribution in [0, 0.1) is 5.92 Å². The van der Waals surface area contributed by atoms with Gasteiger partial charge in [0.2, 0.25) is 17.7 Å². The average Bonchev–Trinajstić information content (AvgIpc) is 3.40. The van der Waals surface area contributed by atoms with Gasteiger partial charge in [-0.2, -0.15) is 13.2 Å². The summed E-state index contributed by atoms with van der Waals surface area (Å²) >= 11 is 0. The van der Waals surface area contributed by atoms with E-state index in [2.05, 4.69) is 9.97 Å². The second-order valence-electron chi connectivity index (χ2n) is 9.91. The highest BCUT2D eigenvalue weighted by atomic mass is 19.4. The van der Waals surface area contributed by atoms with Gasteiger partial charge in [0, 0.05) is 62.2 Å². The monoisotopic (exact) mass is 542 g/mol. The third-order valence-electron chi connectivity index (χ3n) is 7.42. The van der Waals surface area contributed by atoms with Gasteiger partial charge in [-0.1, -0.05) is 0 Å². The molecule has 0 saturated carbocycles. The largest absolute Gasteiger partial charge is 0.488 e. The van der Waals surface area contributed by atoms with Crippen molar-refractivity contribution in [2.75, 3.05) is 33.3 Å². The number of hydrogen-bond donors (Lipinski definition) is 0. The number of ether oxygens (including phenoxy) is 2. The summed E-state index contributed by atoms with van der Waals surface area (Å²) in [4.78, 5) is 36.5. The van der Waals surface area contributed by atoms with Gasteiger partial charge in [-0.3, -0.25) is 14.6 Å². The van der Waals surface area contributed by atoms with Gasteiger partial charge < -0.3 is 19.3 Å². The van der Waals surface area contributed by atoms with E-state index < -0.39 is 17.6 Å². The van der Waals surface area contributed by atoms with Crippen LogP contribution in [0.3, 0.4) is 0 Å². The molecule has 0 radical (unpaired) electrons. The Labute approximate surface area is 223 Å². The number of carbonyl (C=O) groups excluding carboxylic acids is 2. The number of pyridine rings is 2. The van der Waals surface area contributed by atoms with Crippen LogP contribution in [0.2, 0.25) is 0 Å². The molecule has 4 heterocycles. The van der Waals surface area contributed by atoms with E-state index in [0.29, 0.717) is 67.7 Å². The Balaban J connectivity index is 1.32. The minimum absolute atomic E-state index is 0.0355. The van der Waals surface area contributed by atoms with Crippen LogP contribution in [0.15, 0.2) is 42.7 Å². The third-order valence-corrected chi connectivity index (χ3v) is 7.42. The smallest absolute Gasteiger partial charge is 0.421 e. The zero-order chi connectivity index (χ0) is 27.7. The van der Waals surface area contributed by atoms with E-state index in [0.717, 1.165) is 13.2 Å². The van der Waals surface area contributed by atoms with Gasteiger partial charge >= 0.3 is 6.18 Å². The zero-order valence-electron chi connectivity index (χ0n) is 21.7. The van der Waals surface area contributed by atoms with Crippen LogP contribution in [-0.4, -0.2) is 71.0 Å². The Hall–Kier alpha value is -3.89. The van der Waals surface area contributed by atoms with Crippen LogP contribution in [0.25, 0.3) is 22.0 Å². The van der Waals surface area contributed by atoms with Crippen molar-refractivity contribution in [2.45, 2.75) is 38.5 Å². The summed E-state index contributed by atoms with van der Waals surface area (Å²) in [6, 6.07) is 7.96. The number of fused-ring (bicyclic) bond motifs is 1. The number of aromatic nitrogens is 2. The highest BCUT2D eigenvalue weighted by Crippen LogP contribution is 2.39. The number of nitrogens with zero attached hydrogens (tertiary/aromatic N) is 4. The van der Waals surface area contributed by atoms with Crippen molar-refractivity contribution >= 4 is 22.7 Å². The molecule has 0 unspecified atom stereocenters. The van der Waals surface area contributed by atoms with Crippen molar-refractivity contribution in [3.8, 4) is 22.8 Å². The first kappa shape index (κ1) is 26.7. The number of carbonyl (C=O) groups is 2. The van der Waals surface area contributed by atoms with E-state index in [4.69, 9.17) is 9.47 Å². The second-order valence-corrected chi connectivity index (χ2v) is 9.91. The summed E-state index contributed by atoms with van der Waals surface area (Å²) in [6.07, 6.45) is 0.0567. The van der Waals surface area contributed by atoms with Gasteiger partial charge in [-0.25, -0.2) is 4.98 Å². The van der Waals surface area contributed by atoms with E-state index in [1.807, 2.05) is 4.90 Å². The van der Waals surface area contributed by atoms with Gasteiger partial charge in [-0.15, -0.1) is 0 Å². The molecule has 3 aromatic rings. The number of likely N-dealkylation sites (tertiary alicyclic amines) is 2. The molecule has 5 rings (SSSR count). The van der Waals surface area contributed by atoms with Crippen LogP contribution in [0.4, 0.5) is 13.2 Å². The summed E-state index contributed by atoms with van der Waals surface area (Å²) in [5, 5.41) is 0.623. The summed E-state index contributed by atoms with van der Waals surface area (Å²) in [5.41, 5.74) is 0.458. The maximum Gasteiger partial charge on any atom is 0.421 e. The van der Waals surface area contributed by atoms with Gasteiger partial charge in [-0.05, 0) is 48.7 Å². The number of hydrogen-bond acceptors (Lipinski definition) is 6. The lowest BCUT2D eigenvalue weighted by molar-refractivity contribution is -0.139. The summed E-state index contributed by atoms with van der Waals surface area (Å²) in [6.45, 7) is 3.79. The standard InChI is InChI=1S/C28H29F3N4O4/c1-17(36)34-10-6-18(7-11-34)27(37)35-12-8-21(16-35)39-20-3-4-25-23(14-20)22(5-9-32-25)19-13-24(28(29,30)31)26(38-2)33-15-19/h3-5,9,13-15,18,21H,6-8,10-12,16H2,1-2H3/t21-/m0/s1. The molecule has 2 amide bonds. The number of methoxy groups -OCH3 is 1. The second kappa shape index (κ2) is 10.7. The summed E-state index contributed by atoms with van der Waals surface area (Å²) < 4.78 is 51.8. The fraction of sp³-hybridized carbons (Fsp3) is 0.429. The Bertz CT molecular complexity index is 1390. The van der Waals surface area contributed by atoms with Crippen molar-refractivity contribution in [2.24, 2.45) is 5.92 Å². The lowest BCUT2D eigenvalue weighted by Gasteiger charge is -2.32. The molecule has 206 valence electrons. The van der Waals surface area contributed by atoms with Crippen molar-refractivity contribution in [1.29, 1.82) is 0 Å². The first-order valence-electron chi connectivity index (χ1n) is 12.9. The molecule has 1 atom stereocenters. The fourth-order valence-electron chi connectivity index (χ4n) is 5.33. The predicted molar refractivity (Wildman–Crippen MR) is 137 cm³/mol. The Morgan fingerprint density at radius 1 is 1.00 bits per heavy atom. The van der Waals surface area contributed by atoms with E-state index in [9.17, 15) is 22.8 Å². The SMILES string of the molecule is COc1ncc(-c2ccnc3ccc(O[C@H]4CCN(C(=O)C5CCN(C(C)=O)CC5)C4)cc23)cc1C(F)(F)F. The molecule has 8 nitrogen and oxygen atoms in total. The van der Waals surface area contributed by atoms with Crippen LogP contribution in [-0.2, 0) is 15.8 Å². The highest BCUT2D eigenvalue weighted by molar-refractivity contribution is 5.95. The Morgan fingerprint density at radius 3 is 2.44 bits per heavy atom. The first-order valence-corrected chi connectivity index (χ1v) is 12.9. The van der Waals surface area contributed by atoms with Crippen LogP contribution in [0.5, 0.6) is 11.6 Å². The van der Waals surface area contributed by atoms with E-state index in [-0.39, 0.29) is 29.4 Å². The van der Waals surface area contributed by atoms with Gasteiger partial charge in [0.1, 0.15) is 17.4 Å². The molecular formula is C28H29F3N4O4. The molecule has 2 aliphatic heterocycles. The topological polar surface area (TPSA) is 84.9 Å². The third kappa shape index (κ3) is 5.62. The molecule has 1 aromatic carbocycles. The number of alkyl halides is 3. The molecular weight excluding hydrogens is 513 g/mol. The van der Waals surface area contributed by atoms with Crippen LogP contribution >= 0.6 is 0 Å². The molecule has 0 aliphatic carbocycles. The van der Waals surface area contributed by atoms with Crippen molar-refractivity contribution < 1.29 is 32.2 Å². The molecule has 2 saturated heterocycles. The van der Waals surface area contributed by atoms with Crippen LogP contribution < -0.4 is 9.47 Å². The number of piperidine rings is 1. The molecule has 0 spiro atoms. The lowest BCUT2D eigenvalue weighted by Crippen LogP contribution is -2.43. The summed E-state index contributed by atoms with van der Waals surface area (Å²) in [7, 11) is 1.15. The minimum Gasteiger partial charge on any atom is -0.488 e. The maximum absolute atomic E-state index is 13.6. The zero-order valence-corrected chi connectivity index (χ0v) is 21.7. The number of rotatable bonds is 5. The van der Waals surface area contributed by atoms with Crippen LogP contribution in [0.1, 0.15) is 31.7 Å². The fourth-order valence-corrected chi connectivity index (χ4v) is 5.33. The van der Waals surface area contributed by atoms with Crippen molar-refractivity contribution in [1.82, 2.24) is 19.8 Å². The first-order chi connectivity index (χ1) is 18.6. The van der Waals surface area contributed by atoms with Crippen molar-refractivity contribution in [3.05, 3.63) is 48.3 Å². The normalized spacial score (nSPS) is 18.4. The predicted octanol–water partition coefficient (Wildman–Crippen LogP) is 4.56. The van der Waals surface area contributed by atoms with Gasteiger partial charge in [0.15, 0.2) is 0 Å². The van der Waals surface area contributed by atoms with Gasteiger partial charge in [0.05, 0.1) is 19.2 Å². The Morgan fingerprint density at radius 2 is 1.74 bits per heavy atom. The molecule has 11 heteroatoms. The maximum atomic E-state index is 13.6. The molecule has 0 bridgehead atoms. The average molecular weight is 543 g/mol. The number of amides is 2. The Kier molecular flexibility index (Phi) is 7.33. The van der Waals surface area contributed by atoms with Crippen molar-refractivity contribution in [3.63, 3.8) is 0 Å². The molecule has 0 N–H and O–H groups in total. The molecule has 39 heavy (non-hydrogen) atoms. The quantitative estimate of drug-likeness (QED) is 0.470. The van der Waals surface area contributed by atoms with E-state index >= 15 is 0 Å². The number of benzene rings is 1. The molecule has 2 fully saturated rings. The molecule has 2 aromatic heterocycles. The van der Waals surface area contributed by atoms with Gasteiger partial charge in [0.25, 0.3) is 0 Å². The van der Waals surface area contributed by atoms with E-state index in [1.54, 1.807) is 36.1 Å². The highest BCUT2D eigenvalue weighted by Gasteiger charge is 2.36. The van der Waals surface area contributed by atoms with E-state index in [1.165, 1.54) is 12.4 Å². The summed E-state index contributed by atoms with van der Waals surface area (Å²) in [5.74, 6) is 0.102. The lowest BCUT2D eigenvalue weighted by atomic mass is 9.95. The molecule has 2 aliphatic rings. The number of halogens is 3. The minimum atomic E-state index is -4.62.